The van der Waals surface area contributed by atoms with E-state index in [1.54, 1.807) is 14.1 Å². The molecule has 0 saturated carbocycles. The summed E-state index contributed by atoms with van der Waals surface area (Å²) in [6, 6.07) is 0. The number of nitrogens with zero attached hydrogens (tertiary/aromatic N) is 1. The van der Waals surface area contributed by atoms with Gasteiger partial charge in [-0.05, 0) is 6.42 Å². The number of alkyl halides is 1. The molecule has 0 aromatic rings. The molecular formula is C8H15BrN2O2. The predicted molar refractivity (Wildman–Crippen MR) is 54.7 cm³/mol. The van der Waals surface area contributed by atoms with Gasteiger partial charge >= 0.3 is 0 Å². The number of nitrogens with one attached hydrogen (secondary N) is 1. The molecule has 0 aromatic carbocycles. The van der Waals surface area contributed by atoms with Crippen molar-refractivity contribution in [3.05, 3.63) is 0 Å². The van der Waals surface area contributed by atoms with E-state index in [0.717, 1.165) is 0 Å². The molecule has 0 bridgehead atoms. The average Bonchev–Trinajstić information content (AvgIpc) is 2.11. The second-order valence-electron chi connectivity index (χ2n) is 2.88. The second kappa shape index (κ2) is 5.96. The van der Waals surface area contributed by atoms with E-state index < -0.39 is 0 Å². The monoisotopic (exact) mass is 250 g/mol. The van der Waals surface area contributed by atoms with Gasteiger partial charge in [0, 0.05) is 14.1 Å². The topological polar surface area (TPSA) is 49.4 Å². The van der Waals surface area contributed by atoms with Crippen molar-refractivity contribution in [3.63, 3.8) is 0 Å². The predicted octanol–water partition coefficient (Wildman–Crippen LogP) is 0.364. The van der Waals surface area contributed by atoms with Crippen LogP contribution in [0.3, 0.4) is 0 Å². The summed E-state index contributed by atoms with van der Waals surface area (Å²) in [5, 5.41) is 2.54. The van der Waals surface area contributed by atoms with Gasteiger partial charge in [-0.2, -0.15) is 0 Å². The minimum atomic E-state index is -0.206. The summed E-state index contributed by atoms with van der Waals surface area (Å²) in [7, 11) is 3.31. The van der Waals surface area contributed by atoms with Gasteiger partial charge in [-0.1, -0.05) is 22.9 Å². The lowest BCUT2D eigenvalue weighted by molar-refractivity contribution is -0.130. The van der Waals surface area contributed by atoms with E-state index in [0.29, 0.717) is 6.42 Å². The molecule has 0 radical (unpaired) electrons. The van der Waals surface area contributed by atoms with Gasteiger partial charge in [0.25, 0.3) is 0 Å². The molecule has 76 valence electrons. The van der Waals surface area contributed by atoms with Crippen LogP contribution in [-0.2, 0) is 9.59 Å². The summed E-state index contributed by atoms with van der Waals surface area (Å²) in [6.07, 6.45) is 0.710. The van der Waals surface area contributed by atoms with Gasteiger partial charge in [-0.15, -0.1) is 0 Å². The van der Waals surface area contributed by atoms with Crippen LogP contribution in [0.2, 0.25) is 0 Å². The van der Waals surface area contributed by atoms with Crippen molar-refractivity contribution >= 4 is 27.7 Å². The van der Waals surface area contributed by atoms with Gasteiger partial charge in [0.2, 0.25) is 11.8 Å². The fraction of sp³-hybridized carbons (Fsp3) is 0.750. The first-order valence-electron chi connectivity index (χ1n) is 4.11. The normalized spacial score (nSPS) is 12.0. The highest BCUT2D eigenvalue weighted by molar-refractivity contribution is 9.10. The fourth-order valence-corrected chi connectivity index (χ4v) is 0.779. The van der Waals surface area contributed by atoms with Gasteiger partial charge in [-0.25, -0.2) is 0 Å². The molecule has 0 aliphatic carbocycles. The Kier molecular flexibility index (Phi) is 5.70. The zero-order valence-electron chi connectivity index (χ0n) is 8.13. The Morgan fingerprint density at radius 3 is 2.38 bits per heavy atom. The molecule has 0 heterocycles. The average molecular weight is 251 g/mol. The largest absolute Gasteiger partial charge is 0.347 e. The van der Waals surface area contributed by atoms with Crippen LogP contribution >= 0.6 is 15.9 Å². The third kappa shape index (κ3) is 4.87. The van der Waals surface area contributed by atoms with E-state index in [9.17, 15) is 9.59 Å². The molecule has 0 fully saturated rings. The molecule has 1 atom stereocenters. The molecule has 0 rings (SSSR count). The Bertz CT molecular complexity index is 195. The van der Waals surface area contributed by atoms with Crippen molar-refractivity contribution in [3.8, 4) is 0 Å². The smallest absolute Gasteiger partial charge is 0.241 e. The van der Waals surface area contributed by atoms with Crippen molar-refractivity contribution in [2.75, 3.05) is 20.6 Å². The van der Waals surface area contributed by atoms with Crippen molar-refractivity contribution < 1.29 is 9.59 Å². The second-order valence-corrected chi connectivity index (χ2v) is 3.99. The molecule has 0 aliphatic rings. The molecule has 2 amide bonds. The number of rotatable bonds is 4. The quantitative estimate of drug-likeness (QED) is 0.733. The molecule has 0 aromatic heterocycles. The zero-order chi connectivity index (χ0) is 10.4. The maximum absolute atomic E-state index is 11.2. The summed E-state index contributed by atoms with van der Waals surface area (Å²) in [5.41, 5.74) is 0. The van der Waals surface area contributed by atoms with Crippen LogP contribution < -0.4 is 5.32 Å². The van der Waals surface area contributed by atoms with Crippen LogP contribution in [0.25, 0.3) is 0 Å². The van der Waals surface area contributed by atoms with E-state index in [1.807, 2.05) is 6.92 Å². The Labute approximate surface area is 86.8 Å². The molecule has 4 nitrogen and oxygen atoms in total. The molecule has 0 spiro atoms. The summed E-state index contributed by atoms with van der Waals surface area (Å²) >= 11 is 3.19. The van der Waals surface area contributed by atoms with Gasteiger partial charge in [0.1, 0.15) is 0 Å². The summed E-state index contributed by atoms with van der Waals surface area (Å²) in [4.78, 5) is 23.5. The maximum Gasteiger partial charge on any atom is 0.241 e. The lowest BCUT2D eigenvalue weighted by Crippen LogP contribution is -2.39. The first-order chi connectivity index (χ1) is 5.99. The lowest BCUT2D eigenvalue weighted by atomic mass is 10.3. The first kappa shape index (κ1) is 12.4. The molecule has 5 heteroatoms. The van der Waals surface area contributed by atoms with E-state index in [-0.39, 0.29) is 23.2 Å². The Morgan fingerprint density at radius 2 is 2.00 bits per heavy atom. The highest BCUT2D eigenvalue weighted by Gasteiger charge is 2.13. The third-order valence-electron chi connectivity index (χ3n) is 1.56. The van der Waals surface area contributed by atoms with Gasteiger partial charge in [-0.3, -0.25) is 9.59 Å². The van der Waals surface area contributed by atoms with Crippen molar-refractivity contribution in [2.24, 2.45) is 0 Å². The van der Waals surface area contributed by atoms with Crippen molar-refractivity contribution in [2.45, 2.75) is 18.2 Å². The van der Waals surface area contributed by atoms with Crippen LogP contribution in [0.5, 0.6) is 0 Å². The van der Waals surface area contributed by atoms with Crippen LogP contribution in [0.4, 0.5) is 0 Å². The van der Waals surface area contributed by atoms with Crippen LogP contribution in [-0.4, -0.2) is 42.2 Å². The van der Waals surface area contributed by atoms with E-state index in [1.165, 1.54) is 4.90 Å². The fourth-order valence-electron chi connectivity index (χ4n) is 0.617. The lowest BCUT2D eigenvalue weighted by Gasteiger charge is -2.12. The minimum absolute atomic E-state index is 0.0634. The molecule has 13 heavy (non-hydrogen) atoms. The van der Waals surface area contributed by atoms with Crippen LogP contribution in [0.1, 0.15) is 13.3 Å². The summed E-state index contributed by atoms with van der Waals surface area (Å²) in [5.74, 6) is -0.248. The molecule has 1 N–H and O–H groups in total. The number of amides is 2. The third-order valence-corrected chi connectivity index (χ3v) is 2.62. The van der Waals surface area contributed by atoms with Gasteiger partial charge < -0.3 is 10.2 Å². The Balaban J connectivity index is 3.77. The highest BCUT2D eigenvalue weighted by atomic mass is 79.9. The standard InChI is InChI=1S/C8H15BrN2O2/c1-4-6(9)8(13)10-5-7(12)11(2)3/h6H,4-5H2,1-3H3,(H,10,13). The number of likely N-dealkylation sites (N-methyl/N-ethyl adjacent to an activating group) is 1. The SMILES string of the molecule is CCC(Br)C(=O)NCC(=O)N(C)C. The summed E-state index contributed by atoms with van der Waals surface area (Å²) in [6.45, 7) is 1.96. The zero-order valence-corrected chi connectivity index (χ0v) is 9.72. The van der Waals surface area contributed by atoms with E-state index >= 15 is 0 Å². The number of halogens is 1. The number of hydrogen-bond donors (Lipinski definition) is 1. The van der Waals surface area contributed by atoms with Gasteiger partial charge in [0.15, 0.2) is 0 Å². The van der Waals surface area contributed by atoms with Gasteiger partial charge in [0.05, 0.1) is 11.4 Å². The number of carbonyl (C=O) groups is 2. The maximum atomic E-state index is 11.2. The molecule has 1 unspecified atom stereocenters. The molecule has 0 saturated heterocycles. The number of hydrogen-bond acceptors (Lipinski definition) is 2. The van der Waals surface area contributed by atoms with E-state index in [4.69, 9.17) is 0 Å². The van der Waals surface area contributed by atoms with Crippen molar-refractivity contribution in [1.82, 2.24) is 10.2 Å². The summed E-state index contributed by atoms with van der Waals surface area (Å²) < 4.78 is 0. The molecular weight excluding hydrogens is 236 g/mol. The minimum Gasteiger partial charge on any atom is -0.347 e. The highest BCUT2D eigenvalue weighted by Crippen LogP contribution is 2.03. The van der Waals surface area contributed by atoms with E-state index in [2.05, 4.69) is 21.2 Å². The van der Waals surface area contributed by atoms with Crippen LogP contribution in [0.15, 0.2) is 0 Å². The van der Waals surface area contributed by atoms with Crippen molar-refractivity contribution in [1.29, 1.82) is 0 Å². The van der Waals surface area contributed by atoms with Crippen LogP contribution in [0, 0.1) is 0 Å². The first-order valence-corrected chi connectivity index (χ1v) is 5.02. The Hall–Kier alpha value is -0.580. The molecule has 0 aliphatic heterocycles. The Morgan fingerprint density at radius 1 is 1.46 bits per heavy atom. The number of carbonyl (C=O) groups excluding carboxylic acids is 2.